The predicted octanol–water partition coefficient (Wildman–Crippen LogP) is 1.95. The molecule has 1 aliphatic rings. The number of non-ortho nitro benzene ring substituents is 1. The number of carbonyl (C=O) groups is 1. The average Bonchev–Trinajstić information content (AvgIpc) is 3.41. The Bertz CT molecular complexity index is 855. The van der Waals surface area contributed by atoms with Gasteiger partial charge in [0.25, 0.3) is 5.69 Å². The quantitative estimate of drug-likeness (QED) is 0.618. The SMILES string of the molecule is N#Cc1cc(NCC(=O)NCC2CC2)nc2ccc([N+](=O)[O-])cc12. The molecule has 1 aliphatic carbocycles. The largest absolute Gasteiger partial charge is 0.361 e. The van der Waals surface area contributed by atoms with Gasteiger partial charge >= 0.3 is 0 Å². The third kappa shape index (κ3) is 3.57. The molecule has 3 rings (SSSR count). The topological polar surface area (TPSA) is 121 Å². The van der Waals surface area contributed by atoms with Gasteiger partial charge in [0.15, 0.2) is 0 Å². The molecule has 0 aliphatic heterocycles. The summed E-state index contributed by atoms with van der Waals surface area (Å²) in [7, 11) is 0. The Balaban J connectivity index is 1.76. The molecule has 0 saturated heterocycles. The molecule has 1 heterocycles. The maximum atomic E-state index is 11.7. The summed E-state index contributed by atoms with van der Waals surface area (Å²) in [6.07, 6.45) is 2.33. The lowest BCUT2D eigenvalue weighted by atomic mass is 10.1. The molecule has 8 nitrogen and oxygen atoms in total. The van der Waals surface area contributed by atoms with E-state index in [-0.39, 0.29) is 23.7 Å². The van der Waals surface area contributed by atoms with Crippen LogP contribution in [0.1, 0.15) is 18.4 Å². The van der Waals surface area contributed by atoms with Crippen LogP contribution in [0, 0.1) is 27.4 Å². The molecule has 0 atom stereocenters. The van der Waals surface area contributed by atoms with Crippen LogP contribution in [-0.4, -0.2) is 28.9 Å². The first-order chi connectivity index (χ1) is 11.6. The van der Waals surface area contributed by atoms with Gasteiger partial charge in [0, 0.05) is 24.1 Å². The number of hydrogen-bond acceptors (Lipinski definition) is 6. The first kappa shape index (κ1) is 15.7. The number of nitriles is 1. The summed E-state index contributed by atoms with van der Waals surface area (Å²) in [6.45, 7) is 0.752. The van der Waals surface area contributed by atoms with E-state index >= 15 is 0 Å². The van der Waals surface area contributed by atoms with Crippen LogP contribution in [0.2, 0.25) is 0 Å². The fourth-order valence-corrected chi connectivity index (χ4v) is 2.32. The molecular weight excluding hydrogens is 310 g/mol. The van der Waals surface area contributed by atoms with Gasteiger partial charge in [0.1, 0.15) is 5.82 Å². The highest BCUT2D eigenvalue weighted by Crippen LogP contribution is 2.27. The summed E-state index contributed by atoms with van der Waals surface area (Å²) in [4.78, 5) is 26.4. The van der Waals surface area contributed by atoms with Gasteiger partial charge in [-0.05, 0) is 30.9 Å². The van der Waals surface area contributed by atoms with E-state index in [9.17, 15) is 20.2 Å². The lowest BCUT2D eigenvalue weighted by Gasteiger charge is -2.08. The van der Waals surface area contributed by atoms with E-state index in [1.165, 1.54) is 24.3 Å². The van der Waals surface area contributed by atoms with Gasteiger partial charge in [0.2, 0.25) is 5.91 Å². The van der Waals surface area contributed by atoms with E-state index in [1.807, 2.05) is 6.07 Å². The summed E-state index contributed by atoms with van der Waals surface area (Å²) in [5, 5.41) is 26.2. The average molecular weight is 325 g/mol. The van der Waals surface area contributed by atoms with Gasteiger partial charge in [-0.1, -0.05) is 0 Å². The highest BCUT2D eigenvalue weighted by Gasteiger charge is 2.21. The monoisotopic (exact) mass is 325 g/mol. The Morgan fingerprint density at radius 2 is 2.21 bits per heavy atom. The van der Waals surface area contributed by atoms with Crippen molar-refractivity contribution in [3.63, 3.8) is 0 Å². The van der Waals surface area contributed by atoms with Crippen molar-refractivity contribution in [2.75, 3.05) is 18.4 Å². The number of nitro benzene ring substituents is 1. The van der Waals surface area contributed by atoms with Crippen molar-refractivity contribution in [1.29, 1.82) is 5.26 Å². The molecule has 8 heteroatoms. The molecule has 1 aromatic carbocycles. The summed E-state index contributed by atoms with van der Waals surface area (Å²) >= 11 is 0. The van der Waals surface area contributed by atoms with Crippen LogP contribution in [0.25, 0.3) is 10.9 Å². The van der Waals surface area contributed by atoms with Gasteiger partial charge in [-0.3, -0.25) is 14.9 Å². The van der Waals surface area contributed by atoms with Crippen LogP contribution in [0.4, 0.5) is 11.5 Å². The molecule has 0 spiro atoms. The molecule has 1 amide bonds. The van der Waals surface area contributed by atoms with Crippen molar-refractivity contribution in [1.82, 2.24) is 10.3 Å². The molecule has 2 N–H and O–H groups in total. The molecule has 1 aromatic heterocycles. The number of aromatic nitrogens is 1. The van der Waals surface area contributed by atoms with Crippen molar-refractivity contribution < 1.29 is 9.72 Å². The second kappa shape index (κ2) is 6.50. The Kier molecular flexibility index (Phi) is 4.24. The van der Waals surface area contributed by atoms with Gasteiger partial charge in [-0.2, -0.15) is 5.26 Å². The molecule has 0 unspecified atom stereocenters. The second-order valence-electron chi connectivity index (χ2n) is 5.73. The van der Waals surface area contributed by atoms with Crippen LogP contribution in [0.15, 0.2) is 24.3 Å². The molecule has 1 fully saturated rings. The van der Waals surface area contributed by atoms with Crippen molar-refractivity contribution in [3.05, 3.63) is 39.9 Å². The van der Waals surface area contributed by atoms with Crippen LogP contribution < -0.4 is 10.6 Å². The third-order valence-electron chi connectivity index (χ3n) is 3.84. The normalized spacial score (nSPS) is 13.3. The number of pyridine rings is 1. The van der Waals surface area contributed by atoms with Gasteiger partial charge in [-0.25, -0.2) is 4.98 Å². The van der Waals surface area contributed by atoms with Crippen molar-refractivity contribution in [2.24, 2.45) is 5.92 Å². The standard InChI is InChI=1S/C16H15N5O3/c17-7-11-5-15(18-9-16(22)19-8-10-1-2-10)20-14-4-3-12(21(23)24)6-13(11)14/h3-6,10H,1-2,8-9H2,(H,18,20)(H,19,22). The summed E-state index contributed by atoms with van der Waals surface area (Å²) in [5.74, 6) is 0.856. The van der Waals surface area contributed by atoms with Crippen molar-refractivity contribution in [3.8, 4) is 6.07 Å². The Labute approximate surface area is 137 Å². The fourth-order valence-electron chi connectivity index (χ4n) is 2.32. The second-order valence-corrected chi connectivity index (χ2v) is 5.73. The zero-order valence-electron chi connectivity index (χ0n) is 12.8. The third-order valence-corrected chi connectivity index (χ3v) is 3.84. The lowest BCUT2D eigenvalue weighted by Crippen LogP contribution is -2.31. The number of amides is 1. The fraction of sp³-hybridized carbons (Fsp3) is 0.312. The minimum Gasteiger partial charge on any atom is -0.361 e. The number of hydrogen-bond donors (Lipinski definition) is 2. The lowest BCUT2D eigenvalue weighted by molar-refractivity contribution is -0.384. The van der Waals surface area contributed by atoms with E-state index in [2.05, 4.69) is 15.6 Å². The molecule has 122 valence electrons. The van der Waals surface area contributed by atoms with E-state index in [0.29, 0.717) is 29.2 Å². The Morgan fingerprint density at radius 1 is 1.42 bits per heavy atom. The maximum Gasteiger partial charge on any atom is 0.270 e. The Morgan fingerprint density at radius 3 is 2.88 bits per heavy atom. The maximum absolute atomic E-state index is 11.7. The van der Waals surface area contributed by atoms with Crippen molar-refractivity contribution >= 4 is 28.3 Å². The highest BCUT2D eigenvalue weighted by atomic mass is 16.6. The Hall–Kier alpha value is -3.21. The number of nitrogens with zero attached hydrogens (tertiary/aromatic N) is 3. The zero-order chi connectivity index (χ0) is 17.1. The van der Waals surface area contributed by atoms with Gasteiger partial charge in [0.05, 0.1) is 28.6 Å². The highest BCUT2D eigenvalue weighted by molar-refractivity contribution is 5.89. The molecule has 2 aromatic rings. The first-order valence-electron chi connectivity index (χ1n) is 7.56. The number of nitrogens with one attached hydrogen (secondary N) is 2. The number of nitro groups is 1. The molecular formula is C16H15N5O3. The van der Waals surface area contributed by atoms with Crippen LogP contribution in [0.3, 0.4) is 0 Å². The number of benzene rings is 1. The summed E-state index contributed by atoms with van der Waals surface area (Å²) < 4.78 is 0. The minimum absolute atomic E-state index is 0.0586. The summed E-state index contributed by atoms with van der Waals surface area (Å²) in [6, 6.07) is 7.65. The summed E-state index contributed by atoms with van der Waals surface area (Å²) in [5.41, 5.74) is 0.631. The molecule has 1 saturated carbocycles. The van der Waals surface area contributed by atoms with Gasteiger partial charge < -0.3 is 10.6 Å². The van der Waals surface area contributed by atoms with E-state index in [4.69, 9.17) is 0 Å². The van der Waals surface area contributed by atoms with Crippen LogP contribution in [0.5, 0.6) is 0 Å². The predicted molar refractivity (Wildman–Crippen MR) is 87.3 cm³/mol. The van der Waals surface area contributed by atoms with E-state index < -0.39 is 4.92 Å². The van der Waals surface area contributed by atoms with E-state index in [0.717, 1.165) is 12.8 Å². The molecule has 0 bridgehead atoms. The van der Waals surface area contributed by atoms with Crippen molar-refractivity contribution in [2.45, 2.75) is 12.8 Å². The van der Waals surface area contributed by atoms with Crippen LogP contribution >= 0.6 is 0 Å². The van der Waals surface area contributed by atoms with Crippen LogP contribution in [-0.2, 0) is 4.79 Å². The molecule has 0 radical (unpaired) electrons. The number of rotatable bonds is 6. The smallest absolute Gasteiger partial charge is 0.270 e. The number of fused-ring (bicyclic) bond motifs is 1. The molecule has 24 heavy (non-hydrogen) atoms. The zero-order valence-corrected chi connectivity index (χ0v) is 12.8. The minimum atomic E-state index is -0.517. The van der Waals surface area contributed by atoms with E-state index in [1.54, 1.807) is 0 Å². The first-order valence-corrected chi connectivity index (χ1v) is 7.56. The van der Waals surface area contributed by atoms with Gasteiger partial charge in [-0.15, -0.1) is 0 Å². The number of carbonyl (C=O) groups excluding carboxylic acids is 1. The number of anilines is 1.